The fourth-order valence-corrected chi connectivity index (χ4v) is 3.73. The van der Waals surface area contributed by atoms with E-state index >= 15 is 0 Å². The van der Waals surface area contributed by atoms with Crippen LogP contribution in [0.3, 0.4) is 0 Å². The van der Waals surface area contributed by atoms with Gasteiger partial charge in [-0.05, 0) is 12.8 Å². The van der Waals surface area contributed by atoms with Gasteiger partial charge in [-0.25, -0.2) is 0 Å². The molecule has 1 aliphatic rings. The monoisotopic (exact) mass is 434 g/mol. The molecule has 5 N–H and O–H groups in total. The van der Waals surface area contributed by atoms with E-state index in [9.17, 15) is 20.1 Å². The number of ether oxygens (including phenoxy) is 2. The topological polar surface area (TPSA) is 137 Å². The lowest BCUT2D eigenvalue weighted by Crippen LogP contribution is -2.59. The Hall–Kier alpha value is -0.770. The molecule has 1 fully saturated rings. The summed E-state index contributed by atoms with van der Waals surface area (Å²) in [6, 6.07) is 0. The van der Waals surface area contributed by atoms with Gasteiger partial charge in [-0.1, -0.05) is 70.6 Å². The molecule has 0 aromatic rings. The van der Waals surface area contributed by atoms with Crippen molar-refractivity contribution < 1.29 is 39.8 Å². The summed E-state index contributed by atoms with van der Waals surface area (Å²) in [7, 11) is 0. The van der Waals surface area contributed by atoms with Crippen LogP contribution in [0.5, 0.6) is 0 Å². The van der Waals surface area contributed by atoms with Crippen LogP contribution >= 0.6 is 0 Å². The number of aliphatic hydroxyl groups excluding tert-OH is 4. The first-order valence-corrected chi connectivity index (χ1v) is 11.6. The highest BCUT2D eigenvalue weighted by Gasteiger charge is 2.43. The Morgan fingerprint density at radius 2 is 1.17 bits per heavy atom. The van der Waals surface area contributed by atoms with Crippen molar-refractivity contribution >= 4 is 5.97 Å². The van der Waals surface area contributed by atoms with Crippen LogP contribution in [0.2, 0.25) is 0 Å². The summed E-state index contributed by atoms with van der Waals surface area (Å²) in [4.78, 5) is 10.4. The Morgan fingerprint density at radius 3 is 1.63 bits per heavy atom. The van der Waals surface area contributed by atoms with Crippen LogP contribution in [0, 0.1) is 0 Å². The Labute approximate surface area is 180 Å². The second kappa shape index (κ2) is 16.9. The fraction of sp³-hybridized carbons (Fsp3) is 0.955. The highest BCUT2D eigenvalue weighted by Crippen LogP contribution is 2.22. The zero-order chi connectivity index (χ0) is 22.2. The summed E-state index contributed by atoms with van der Waals surface area (Å²) in [5, 5.41) is 47.1. The molecular weight excluding hydrogens is 392 g/mol. The fourth-order valence-electron chi connectivity index (χ4n) is 3.73. The average Bonchev–Trinajstić information content (AvgIpc) is 2.73. The molecule has 5 atom stereocenters. The lowest BCUT2D eigenvalue weighted by Gasteiger charge is -2.39. The number of aliphatic hydroxyl groups is 4. The summed E-state index contributed by atoms with van der Waals surface area (Å²) in [6.07, 6.45) is 8.82. The molecule has 1 rings (SSSR count). The second-order valence-electron chi connectivity index (χ2n) is 8.31. The lowest BCUT2D eigenvalue weighted by molar-refractivity contribution is -0.301. The highest BCUT2D eigenvalue weighted by molar-refractivity contribution is 5.66. The molecule has 0 saturated carbocycles. The summed E-state index contributed by atoms with van der Waals surface area (Å²) in [5.74, 6) is -0.698. The van der Waals surface area contributed by atoms with E-state index in [0.717, 1.165) is 38.5 Å². The molecule has 0 aliphatic carbocycles. The predicted molar refractivity (Wildman–Crippen MR) is 112 cm³/mol. The Kier molecular flexibility index (Phi) is 15.3. The maximum Gasteiger partial charge on any atom is 0.303 e. The smallest absolute Gasteiger partial charge is 0.303 e. The van der Waals surface area contributed by atoms with Crippen molar-refractivity contribution in [2.75, 3.05) is 13.2 Å². The van der Waals surface area contributed by atoms with Crippen LogP contribution < -0.4 is 0 Å². The van der Waals surface area contributed by atoms with Gasteiger partial charge in [-0.2, -0.15) is 0 Å². The van der Waals surface area contributed by atoms with E-state index in [0.29, 0.717) is 13.0 Å². The maximum atomic E-state index is 10.4. The van der Waals surface area contributed by atoms with Gasteiger partial charge in [-0.15, -0.1) is 0 Å². The summed E-state index contributed by atoms with van der Waals surface area (Å²) < 4.78 is 10.8. The Balaban J connectivity index is 1.87. The highest BCUT2D eigenvalue weighted by atomic mass is 16.7. The van der Waals surface area contributed by atoms with Crippen molar-refractivity contribution in [3.8, 4) is 0 Å². The van der Waals surface area contributed by atoms with Crippen LogP contribution in [-0.4, -0.2) is 75.4 Å². The van der Waals surface area contributed by atoms with Gasteiger partial charge in [0.15, 0.2) is 6.29 Å². The van der Waals surface area contributed by atoms with E-state index in [2.05, 4.69) is 0 Å². The molecule has 1 heterocycles. The number of rotatable bonds is 18. The van der Waals surface area contributed by atoms with E-state index < -0.39 is 43.3 Å². The number of carboxylic acids is 1. The van der Waals surface area contributed by atoms with Crippen molar-refractivity contribution in [1.82, 2.24) is 0 Å². The molecule has 0 amide bonds. The van der Waals surface area contributed by atoms with Gasteiger partial charge in [0.05, 0.1) is 6.61 Å². The average molecular weight is 435 g/mol. The first-order valence-electron chi connectivity index (χ1n) is 11.6. The van der Waals surface area contributed by atoms with Gasteiger partial charge >= 0.3 is 5.97 Å². The van der Waals surface area contributed by atoms with Gasteiger partial charge < -0.3 is 35.0 Å². The Bertz CT molecular complexity index is 431. The third-order valence-corrected chi connectivity index (χ3v) is 5.67. The van der Waals surface area contributed by atoms with E-state index in [1.165, 1.54) is 44.9 Å². The lowest BCUT2D eigenvalue weighted by atomic mass is 9.99. The van der Waals surface area contributed by atoms with Crippen molar-refractivity contribution in [3.05, 3.63) is 0 Å². The maximum absolute atomic E-state index is 10.4. The van der Waals surface area contributed by atoms with Gasteiger partial charge in [-0.3, -0.25) is 4.79 Å². The molecule has 8 heteroatoms. The molecule has 0 aromatic carbocycles. The second-order valence-corrected chi connectivity index (χ2v) is 8.31. The van der Waals surface area contributed by atoms with Crippen LogP contribution in [0.1, 0.15) is 89.9 Å². The summed E-state index contributed by atoms with van der Waals surface area (Å²) in [5.41, 5.74) is 0. The van der Waals surface area contributed by atoms with E-state index in [1.807, 2.05) is 0 Å². The van der Waals surface area contributed by atoms with Crippen LogP contribution in [0.4, 0.5) is 0 Å². The number of unbranched alkanes of at least 4 members (excludes halogenated alkanes) is 12. The Morgan fingerprint density at radius 1 is 0.700 bits per heavy atom. The van der Waals surface area contributed by atoms with E-state index in [1.54, 1.807) is 0 Å². The minimum atomic E-state index is -1.39. The molecule has 8 nitrogen and oxygen atoms in total. The number of aliphatic carboxylic acids is 1. The third-order valence-electron chi connectivity index (χ3n) is 5.67. The summed E-state index contributed by atoms with van der Waals surface area (Å²) >= 11 is 0. The van der Waals surface area contributed by atoms with Gasteiger partial charge in [0, 0.05) is 13.0 Å². The number of hydrogen-bond donors (Lipinski definition) is 5. The first-order chi connectivity index (χ1) is 14.5. The zero-order valence-corrected chi connectivity index (χ0v) is 18.2. The van der Waals surface area contributed by atoms with Crippen molar-refractivity contribution in [2.24, 2.45) is 0 Å². The number of carboxylic acid groups (broad SMARTS) is 1. The molecule has 178 valence electrons. The molecule has 0 aromatic heterocycles. The molecule has 0 spiro atoms. The van der Waals surface area contributed by atoms with Crippen LogP contribution in [0.15, 0.2) is 0 Å². The van der Waals surface area contributed by atoms with Gasteiger partial charge in [0.25, 0.3) is 0 Å². The summed E-state index contributed by atoms with van der Waals surface area (Å²) in [6.45, 7) is -0.0489. The minimum absolute atomic E-state index is 0.292. The van der Waals surface area contributed by atoms with E-state index in [4.69, 9.17) is 19.7 Å². The largest absolute Gasteiger partial charge is 0.481 e. The molecular formula is C22H42O8. The minimum Gasteiger partial charge on any atom is -0.481 e. The number of carbonyl (C=O) groups is 1. The van der Waals surface area contributed by atoms with Gasteiger partial charge in [0.1, 0.15) is 24.4 Å². The van der Waals surface area contributed by atoms with Crippen molar-refractivity contribution in [2.45, 2.75) is 121 Å². The molecule has 0 bridgehead atoms. The molecule has 0 unspecified atom stereocenters. The van der Waals surface area contributed by atoms with Crippen molar-refractivity contribution in [3.63, 3.8) is 0 Å². The standard InChI is InChI=1S/C22H42O8/c23-16-17-19(26)20(27)21(28)22(30-17)29-15-13-11-9-7-5-3-1-2-4-6-8-10-12-14-18(24)25/h17,19-23,26-28H,1-16H2,(H,24,25)/t17-,19-,20+,21-,22-/m1/s1. The first kappa shape index (κ1) is 27.3. The van der Waals surface area contributed by atoms with Crippen LogP contribution in [0.25, 0.3) is 0 Å². The zero-order valence-electron chi connectivity index (χ0n) is 18.2. The number of hydrogen-bond acceptors (Lipinski definition) is 7. The molecule has 0 radical (unpaired) electrons. The van der Waals surface area contributed by atoms with Crippen LogP contribution in [-0.2, 0) is 14.3 Å². The molecule has 1 saturated heterocycles. The normalized spacial score (nSPS) is 26.7. The van der Waals surface area contributed by atoms with Crippen molar-refractivity contribution in [1.29, 1.82) is 0 Å². The predicted octanol–water partition coefficient (Wildman–Crippen LogP) is 2.35. The third kappa shape index (κ3) is 11.6. The quantitative estimate of drug-likeness (QED) is 0.207. The molecule has 30 heavy (non-hydrogen) atoms. The van der Waals surface area contributed by atoms with E-state index in [-0.39, 0.29) is 0 Å². The molecule has 1 aliphatic heterocycles. The van der Waals surface area contributed by atoms with Gasteiger partial charge in [0.2, 0.25) is 0 Å². The SMILES string of the molecule is O=C(O)CCCCCCCCCCCCCCCO[C@@H]1O[C@H](CO)[C@@H](O)[C@H](O)[C@H]1O.